The summed E-state index contributed by atoms with van der Waals surface area (Å²) in [6.45, 7) is 0. The maximum absolute atomic E-state index is 13.6. The van der Waals surface area contributed by atoms with Crippen LogP contribution in [0.2, 0.25) is 5.02 Å². The predicted molar refractivity (Wildman–Crippen MR) is 79.1 cm³/mol. The number of carbonyl (C=O) groups is 1. The van der Waals surface area contributed by atoms with Crippen molar-refractivity contribution in [2.24, 2.45) is 0 Å². The van der Waals surface area contributed by atoms with Gasteiger partial charge in [-0.3, -0.25) is 10.1 Å². The Morgan fingerprint density at radius 2 is 1.83 bits per heavy atom. The number of amides is 1. The molecule has 2 aromatic carbocycles. The molecule has 1 heterocycles. The zero-order chi connectivity index (χ0) is 16.4. The smallest absolute Gasteiger partial charge is 0.322 e. The molecule has 0 aliphatic heterocycles. The minimum Gasteiger partial charge on any atom is -0.403 e. The van der Waals surface area contributed by atoms with Crippen molar-refractivity contribution in [2.45, 2.75) is 0 Å². The van der Waals surface area contributed by atoms with Gasteiger partial charge in [0.05, 0.1) is 5.56 Å². The first-order valence-electron chi connectivity index (χ1n) is 6.39. The van der Waals surface area contributed by atoms with Crippen LogP contribution in [0.5, 0.6) is 0 Å². The van der Waals surface area contributed by atoms with Crippen LogP contribution in [0.15, 0.2) is 46.9 Å². The topological polar surface area (TPSA) is 68.0 Å². The minimum absolute atomic E-state index is 0.0640. The van der Waals surface area contributed by atoms with Gasteiger partial charge in [0, 0.05) is 16.7 Å². The van der Waals surface area contributed by atoms with Crippen molar-refractivity contribution in [3.8, 4) is 11.5 Å². The molecule has 1 amide bonds. The van der Waals surface area contributed by atoms with Crippen LogP contribution < -0.4 is 5.32 Å². The van der Waals surface area contributed by atoms with Gasteiger partial charge in [-0.15, -0.1) is 5.10 Å². The lowest BCUT2D eigenvalue weighted by Crippen LogP contribution is -2.11. The molecule has 0 aliphatic rings. The Kier molecular flexibility index (Phi) is 4.03. The van der Waals surface area contributed by atoms with E-state index in [0.717, 1.165) is 6.07 Å². The first kappa shape index (κ1) is 15.1. The van der Waals surface area contributed by atoms with Crippen LogP contribution in [-0.2, 0) is 0 Å². The van der Waals surface area contributed by atoms with E-state index in [0.29, 0.717) is 16.7 Å². The molecule has 0 spiro atoms. The van der Waals surface area contributed by atoms with Gasteiger partial charge in [-0.05, 0) is 36.4 Å². The van der Waals surface area contributed by atoms with E-state index in [-0.39, 0.29) is 17.5 Å². The van der Waals surface area contributed by atoms with Gasteiger partial charge in [0.25, 0.3) is 11.8 Å². The first-order valence-corrected chi connectivity index (χ1v) is 6.76. The molecule has 8 heteroatoms. The molecule has 0 fully saturated rings. The van der Waals surface area contributed by atoms with Crippen molar-refractivity contribution in [1.29, 1.82) is 0 Å². The Morgan fingerprint density at radius 1 is 1.09 bits per heavy atom. The third-order valence-electron chi connectivity index (χ3n) is 2.91. The maximum atomic E-state index is 13.6. The summed E-state index contributed by atoms with van der Waals surface area (Å²) in [5.74, 6) is -2.23. The van der Waals surface area contributed by atoms with Crippen LogP contribution in [0.4, 0.5) is 14.8 Å². The highest BCUT2D eigenvalue weighted by Gasteiger charge is 2.15. The quantitative estimate of drug-likeness (QED) is 0.787. The van der Waals surface area contributed by atoms with E-state index in [1.165, 1.54) is 18.2 Å². The Balaban J connectivity index is 1.79. The van der Waals surface area contributed by atoms with E-state index >= 15 is 0 Å². The summed E-state index contributed by atoms with van der Waals surface area (Å²) in [6, 6.07) is 8.89. The summed E-state index contributed by atoms with van der Waals surface area (Å²) >= 11 is 5.74. The van der Waals surface area contributed by atoms with Crippen molar-refractivity contribution in [1.82, 2.24) is 10.2 Å². The van der Waals surface area contributed by atoms with E-state index in [4.69, 9.17) is 16.0 Å². The minimum atomic E-state index is -0.843. The SMILES string of the molecule is O=C(Nc1nnc(-c2ccc(F)cc2F)o1)c1ccc(Cl)cc1. The van der Waals surface area contributed by atoms with Crippen LogP contribution in [-0.4, -0.2) is 16.1 Å². The fourth-order valence-electron chi connectivity index (χ4n) is 1.82. The number of rotatable bonds is 3. The highest BCUT2D eigenvalue weighted by Crippen LogP contribution is 2.23. The summed E-state index contributed by atoms with van der Waals surface area (Å²) in [7, 11) is 0. The van der Waals surface area contributed by atoms with Gasteiger partial charge in [-0.2, -0.15) is 0 Å². The summed E-state index contributed by atoms with van der Waals surface area (Å²) in [5, 5.41) is 10.1. The van der Waals surface area contributed by atoms with Crippen LogP contribution >= 0.6 is 11.6 Å². The number of carbonyl (C=O) groups excluding carboxylic acids is 1. The fraction of sp³-hybridized carbons (Fsp3) is 0. The van der Waals surface area contributed by atoms with Gasteiger partial charge in [0.1, 0.15) is 11.6 Å². The molecule has 0 saturated heterocycles. The Bertz CT molecular complexity index is 865. The summed E-state index contributed by atoms with van der Waals surface area (Å²) in [6.07, 6.45) is 0. The van der Waals surface area contributed by atoms with Gasteiger partial charge in [0.2, 0.25) is 0 Å². The van der Waals surface area contributed by atoms with Crippen molar-refractivity contribution >= 4 is 23.5 Å². The molecule has 0 aliphatic carbocycles. The normalized spacial score (nSPS) is 10.6. The summed E-state index contributed by atoms with van der Waals surface area (Å²) in [4.78, 5) is 12.0. The molecule has 0 saturated carbocycles. The second-order valence-electron chi connectivity index (χ2n) is 4.50. The van der Waals surface area contributed by atoms with E-state index in [9.17, 15) is 13.6 Å². The van der Waals surface area contributed by atoms with Gasteiger partial charge >= 0.3 is 6.01 Å². The molecule has 23 heavy (non-hydrogen) atoms. The van der Waals surface area contributed by atoms with Crippen LogP contribution in [0.25, 0.3) is 11.5 Å². The monoisotopic (exact) mass is 335 g/mol. The molecule has 0 atom stereocenters. The lowest BCUT2D eigenvalue weighted by molar-refractivity contribution is 0.102. The predicted octanol–water partition coefficient (Wildman–Crippen LogP) is 3.92. The molecule has 1 N–H and O–H groups in total. The largest absolute Gasteiger partial charge is 0.403 e. The van der Waals surface area contributed by atoms with Gasteiger partial charge in [-0.25, -0.2) is 8.78 Å². The van der Waals surface area contributed by atoms with Gasteiger partial charge < -0.3 is 4.42 Å². The van der Waals surface area contributed by atoms with Crippen molar-refractivity contribution < 1.29 is 18.0 Å². The average Bonchev–Trinajstić information content (AvgIpc) is 2.96. The molecule has 3 rings (SSSR count). The fourth-order valence-corrected chi connectivity index (χ4v) is 1.94. The number of aromatic nitrogens is 2. The van der Waals surface area contributed by atoms with Crippen LogP contribution in [0.1, 0.15) is 10.4 Å². The van der Waals surface area contributed by atoms with E-state index in [2.05, 4.69) is 15.5 Å². The number of halogens is 3. The third-order valence-corrected chi connectivity index (χ3v) is 3.17. The number of hydrogen-bond acceptors (Lipinski definition) is 4. The number of hydrogen-bond donors (Lipinski definition) is 1. The zero-order valence-electron chi connectivity index (χ0n) is 11.4. The number of benzene rings is 2. The van der Waals surface area contributed by atoms with E-state index in [1.807, 2.05) is 0 Å². The highest BCUT2D eigenvalue weighted by molar-refractivity contribution is 6.30. The lowest BCUT2D eigenvalue weighted by atomic mass is 10.2. The molecule has 0 bridgehead atoms. The second-order valence-corrected chi connectivity index (χ2v) is 4.93. The molecular formula is C15H8ClF2N3O2. The van der Waals surface area contributed by atoms with Crippen molar-refractivity contribution in [3.63, 3.8) is 0 Å². The number of nitrogens with zero attached hydrogens (tertiary/aromatic N) is 2. The standard InChI is InChI=1S/C15H8ClF2N3O2/c16-9-3-1-8(2-4-9)13(22)19-15-21-20-14(23-15)11-6-5-10(17)7-12(11)18/h1-7H,(H,19,21,22). The van der Waals surface area contributed by atoms with Gasteiger partial charge in [-0.1, -0.05) is 16.7 Å². The van der Waals surface area contributed by atoms with E-state index < -0.39 is 17.5 Å². The summed E-state index contributed by atoms with van der Waals surface area (Å²) in [5.41, 5.74) is 0.271. The molecule has 116 valence electrons. The average molecular weight is 336 g/mol. The Morgan fingerprint density at radius 3 is 2.52 bits per heavy atom. The summed E-state index contributed by atoms with van der Waals surface area (Å²) < 4.78 is 31.7. The Hall–Kier alpha value is -2.80. The molecule has 1 aromatic heterocycles. The number of anilines is 1. The van der Waals surface area contributed by atoms with E-state index in [1.54, 1.807) is 12.1 Å². The molecule has 0 radical (unpaired) electrons. The Labute approximate surface area is 133 Å². The molecular weight excluding hydrogens is 328 g/mol. The van der Waals surface area contributed by atoms with Crippen molar-refractivity contribution in [3.05, 3.63) is 64.7 Å². The highest BCUT2D eigenvalue weighted by atomic mass is 35.5. The van der Waals surface area contributed by atoms with Crippen LogP contribution in [0, 0.1) is 11.6 Å². The van der Waals surface area contributed by atoms with Crippen molar-refractivity contribution in [2.75, 3.05) is 5.32 Å². The zero-order valence-corrected chi connectivity index (χ0v) is 12.1. The lowest BCUT2D eigenvalue weighted by Gasteiger charge is -2.00. The second kappa shape index (κ2) is 6.13. The molecule has 3 aromatic rings. The molecule has 0 unspecified atom stereocenters. The first-order chi connectivity index (χ1) is 11.0. The van der Waals surface area contributed by atoms with Crippen LogP contribution in [0.3, 0.4) is 0 Å². The maximum Gasteiger partial charge on any atom is 0.322 e. The third kappa shape index (κ3) is 3.35. The number of nitrogens with one attached hydrogen (secondary N) is 1. The molecule has 5 nitrogen and oxygen atoms in total. The van der Waals surface area contributed by atoms with Gasteiger partial charge in [0.15, 0.2) is 0 Å².